The molecule has 5 rings (SSSR count). The standard InChI is InChI=1S/C27H27N3O4S/c1-4-5-8-14-33-18-11-9-10-17(15-18)22-21-23(31)19-12-6-7-13-20(19)34-24(21)26(32)30(22)27-29-28-25(35-27)16(2)3/h6-7,9-13,15-16,22H,4-5,8,14H2,1-3H3/t22-/m0/s1. The molecular weight excluding hydrogens is 462 g/mol. The Morgan fingerprint density at radius 1 is 1.09 bits per heavy atom. The van der Waals surface area contributed by atoms with Gasteiger partial charge in [-0.2, -0.15) is 0 Å². The molecule has 4 aromatic rings. The number of rotatable bonds is 8. The lowest BCUT2D eigenvalue weighted by Gasteiger charge is -2.22. The van der Waals surface area contributed by atoms with Crippen molar-refractivity contribution in [3.8, 4) is 5.75 Å². The first-order valence-electron chi connectivity index (χ1n) is 11.9. The maximum Gasteiger partial charge on any atom is 0.297 e. The summed E-state index contributed by atoms with van der Waals surface area (Å²) in [5.41, 5.74) is 1.25. The van der Waals surface area contributed by atoms with Gasteiger partial charge in [-0.15, -0.1) is 10.2 Å². The van der Waals surface area contributed by atoms with E-state index in [1.807, 2.05) is 38.1 Å². The van der Waals surface area contributed by atoms with Gasteiger partial charge in [0.05, 0.1) is 23.6 Å². The van der Waals surface area contributed by atoms with Gasteiger partial charge in [0.1, 0.15) is 16.3 Å². The van der Waals surface area contributed by atoms with Crippen molar-refractivity contribution in [1.82, 2.24) is 10.2 Å². The Kier molecular flexibility index (Phi) is 6.38. The van der Waals surface area contributed by atoms with E-state index in [2.05, 4.69) is 17.1 Å². The van der Waals surface area contributed by atoms with E-state index in [0.29, 0.717) is 34.0 Å². The number of unbranched alkanes of at least 4 members (excludes halogenated alkanes) is 2. The minimum Gasteiger partial charge on any atom is -0.494 e. The van der Waals surface area contributed by atoms with Gasteiger partial charge in [-0.1, -0.05) is 69.2 Å². The first-order valence-corrected chi connectivity index (χ1v) is 12.8. The molecule has 7 nitrogen and oxygen atoms in total. The normalized spacial score (nSPS) is 15.3. The molecule has 180 valence electrons. The van der Waals surface area contributed by atoms with Gasteiger partial charge in [-0.25, -0.2) is 0 Å². The van der Waals surface area contributed by atoms with Crippen LogP contribution in [-0.4, -0.2) is 22.7 Å². The van der Waals surface area contributed by atoms with E-state index < -0.39 is 11.9 Å². The van der Waals surface area contributed by atoms with E-state index in [4.69, 9.17) is 9.15 Å². The Labute approximate surface area is 207 Å². The molecule has 1 amide bonds. The lowest BCUT2D eigenvalue weighted by Crippen LogP contribution is -2.29. The Bertz CT molecular complexity index is 1440. The highest BCUT2D eigenvalue weighted by Crippen LogP contribution is 2.43. The molecule has 1 aliphatic rings. The molecule has 0 unspecified atom stereocenters. The fourth-order valence-electron chi connectivity index (χ4n) is 4.31. The lowest BCUT2D eigenvalue weighted by molar-refractivity contribution is 0.0970. The van der Waals surface area contributed by atoms with Crippen LogP contribution in [0.25, 0.3) is 11.0 Å². The predicted octanol–water partition coefficient (Wildman–Crippen LogP) is 6.09. The molecule has 2 aromatic heterocycles. The zero-order chi connectivity index (χ0) is 24.5. The SMILES string of the molecule is CCCCCOc1cccc([C@H]2c3c(oc4ccccc4c3=O)C(=O)N2c2nnc(C(C)C)s2)c1. The van der Waals surface area contributed by atoms with Crippen molar-refractivity contribution in [2.45, 2.75) is 52.0 Å². The molecule has 1 atom stereocenters. The average Bonchev–Trinajstić information content (AvgIpc) is 3.46. The minimum absolute atomic E-state index is 0.0502. The molecule has 35 heavy (non-hydrogen) atoms. The van der Waals surface area contributed by atoms with Gasteiger partial charge < -0.3 is 9.15 Å². The third kappa shape index (κ3) is 4.23. The Morgan fingerprint density at radius 3 is 2.69 bits per heavy atom. The maximum atomic E-state index is 13.7. The number of aromatic nitrogens is 2. The van der Waals surface area contributed by atoms with Crippen LogP contribution < -0.4 is 15.1 Å². The second-order valence-corrected chi connectivity index (χ2v) is 9.94. The Morgan fingerprint density at radius 2 is 1.91 bits per heavy atom. The highest BCUT2D eigenvalue weighted by molar-refractivity contribution is 7.15. The van der Waals surface area contributed by atoms with Crippen LogP contribution in [0.2, 0.25) is 0 Å². The molecular formula is C27H27N3O4S. The van der Waals surface area contributed by atoms with Crippen LogP contribution in [0.1, 0.15) is 78.7 Å². The smallest absolute Gasteiger partial charge is 0.297 e. The van der Waals surface area contributed by atoms with Gasteiger partial charge in [0.25, 0.3) is 5.91 Å². The highest BCUT2D eigenvalue weighted by Gasteiger charge is 2.45. The number of fused-ring (bicyclic) bond motifs is 2. The van der Waals surface area contributed by atoms with Gasteiger partial charge in [0, 0.05) is 5.92 Å². The number of nitrogens with zero attached hydrogens (tertiary/aromatic N) is 3. The molecule has 0 radical (unpaired) electrons. The molecule has 0 bridgehead atoms. The third-order valence-electron chi connectivity index (χ3n) is 6.10. The van der Waals surface area contributed by atoms with Gasteiger partial charge in [0.15, 0.2) is 5.43 Å². The molecule has 3 heterocycles. The molecule has 0 saturated carbocycles. The summed E-state index contributed by atoms with van der Waals surface area (Å²) in [7, 11) is 0. The fraction of sp³-hybridized carbons (Fsp3) is 0.333. The molecule has 2 aromatic carbocycles. The van der Waals surface area contributed by atoms with E-state index in [-0.39, 0.29) is 17.1 Å². The Hall–Kier alpha value is -3.52. The molecule has 0 N–H and O–H groups in total. The van der Waals surface area contributed by atoms with Crippen molar-refractivity contribution in [2.75, 3.05) is 11.5 Å². The molecule has 0 fully saturated rings. The average molecular weight is 490 g/mol. The maximum absolute atomic E-state index is 13.7. The number of hydrogen-bond acceptors (Lipinski definition) is 7. The van der Waals surface area contributed by atoms with E-state index in [1.165, 1.54) is 16.2 Å². The number of carbonyl (C=O) groups is 1. The second-order valence-electron chi connectivity index (χ2n) is 8.95. The number of hydrogen-bond donors (Lipinski definition) is 0. The van der Waals surface area contributed by atoms with Crippen LogP contribution >= 0.6 is 11.3 Å². The topological polar surface area (TPSA) is 85.5 Å². The van der Waals surface area contributed by atoms with E-state index in [9.17, 15) is 9.59 Å². The molecule has 8 heteroatoms. The van der Waals surface area contributed by atoms with Crippen molar-refractivity contribution in [3.05, 3.63) is 80.6 Å². The van der Waals surface area contributed by atoms with Crippen LogP contribution in [-0.2, 0) is 0 Å². The summed E-state index contributed by atoms with van der Waals surface area (Å²) in [6.45, 7) is 6.82. The number of ether oxygens (including phenoxy) is 1. The van der Waals surface area contributed by atoms with Crippen LogP contribution in [0.4, 0.5) is 5.13 Å². The predicted molar refractivity (Wildman–Crippen MR) is 137 cm³/mol. The number of anilines is 1. The minimum atomic E-state index is -0.689. The van der Waals surface area contributed by atoms with E-state index in [0.717, 1.165) is 29.8 Å². The Balaban J connectivity index is 1.65. The van der Waals surface area contributed by atoms with E-state index >= 15 is 0 Å². The summed E-state index contributed by atoms with van der Waals surface area (Å²) >= 11 is 1.35. The summed E-state index contributed by atoms with van der Waals surface area (Å²) in [5.74, 6) is 0.523. The van der Waals surface area contributed by atoms with Gasteiger partial charge in [0.2, 0.25) is 10.9 Å². The third-order valence-corrected chi connectivity index (χ3v) is 7.32. The van der Waals surface area contributed by atoms with Crippen molar-refractivity contribution >= 4 is 33.3 Å². The largest absolute Gasteiger partial charge is 0.494 e. The van der Waals surface area contributed by atoms with Crippen LogP contribution in [0.5, 0.6) is 5.75 Å². The zero-order valence-corrected chi connectivity index (χ0v) is 20.8. The number of benzene rings is 2. The quantitative estimate of drug-likeness (QED) is 0.279. The van der Waals surface area contributed by atoms with Crippen LogP contribution in [0, 0.1) is 0 Å². The zero-order valence-electron chi connectivity index (χ0n) is 20.0. The van der Waals surface area contributed by atoms with Gasteiger partial charge in [-0.3, -0.25) is 14.5 Å². The lowest BCUT2D eigenvalue weighted by atomic mass is 9.98. The monoisotopic (exact) mass is 489 g/mol. The number of amides is 1. The first-order chi connectivity index (χ1) is 17.0. The van der Waals surface area contributed by atoms with Crippen LogP contribution in [0.3, 0.4) is 0 Å². The molecule has 0 saturated heterocycles. The number of para-hydroxylation sites is 1. The van der Waals surface area contributed by atoms with Crippen molar-refractivity contribution < 1.29 is 13.9 Å². The van der Waals surface area contributed by atoms with Gasteiger partial charge >= 0.3 is 0 Å². The molecule has 1 aliphatic heterocycles. The highest BCUT2D eigenvalue weighted by atomic mass is 32.1. The summed E-state index contributed by atoms with van der Waals surface area (Å²) in [4.78, 5) is 28.9. The summed E-state index contributed by atoms with van der Waals surface area (Å²) in [5, 5.41) is 10.3. The summed E-state index contributed by atoms with van der Waals surface area (Å²) in [6.07, 6.45) is 3.18. The van der Waals surface area contributed by atoms with Crippen molar-refractivity contribution in [2.24, 2.45) is 0 Å². The molecule has 0 aliphatic carbocycles. The molecule has 0 spiro atoms. The second kappa shape index (κ2) is 9.62. The number of carbonyl (C=O) groups excluding carboxylic acids is 1. The van der Waals surface area contributed by atoms with Crippen molar-refractivity contribution in [3.63, 3.8) is 0 Å². The summed E-state index contributed by atoms with van der Waals surface area (Å²) in [6, 6.07) is 13.9. The van der Waals surface area contributed by atoms with Crippen molar-refractivity contribution in [1.29, 1.82) is 0 Å². The van der Waals surface area contributed by atoms with Crippen LogP contribution in [0.15, 0.2) is 57.7 Å². The first kappa shape index (κ1) is 23.2. The van der Waals surface area contributed by atoms with Gasteiger partial charge in [-0.05, 0) is 36.2 Å². The summed E-state index contributed by atoms with van der Waals surface area (Å²) < 4.78 is 12.0. The fourth-order valence-corrected chi connectivity index (χ4v) is 5.18. The van der Waals surface area contributed by atoms with E-state index in [1.54, 1.807) is 24.3 Å².